The fourth-order valence-electron chi connectivity index (χ4n) is 5.56. The Bertz CT molecular complexity index is 1550. The summed E-state index contributed by atoms with van der Waals surface area (Å²) in [6, 6.07) is 19.9. The van der Waals surface area contributed by atoms with Crippen molar-refractivity contribution < 1.29 is 13.9 Å². The highest BCUT2D eigenvalue weighted by Crippen LogP contribution is 2.22. The van der Waals surface area contributed by atoms with Crippen molar-refractivity contribution in [2.45, 2.75) is 32.4 Å². The summed E-state index contributed by atoms with van der Waals surface area (Å²) in [6.07, 6.45) is 2.48. The minimum absolute atomic E-state index is 0.0536. The molecular weight excluding hydrogens is 545 g/mol. The Kier molecular flexibility index (Phi) is 10.1. The van der Waals surface area contributed by atoms with Gasteiger partial charge in [0.1, 0.15) is 17.5 Å². The lowest BCUT2D eigenvalue weighted by atomic mass is 10.1. The summed E-state index contributed by atoms with van der Waals surface area (Å²) in [4.78, 5) is 22.6. The van der Waals surface area contributed by atoms with Crippen molar-refractivity contribution in [3.63, 3.8) is 0 Å². The van der Waals surface area contributed by atoms with Crippen molar-refractivity contribution in [1.29, 1.82) is 5.41 Å². The van der Waals surface area contributed by atoms with Crippen molar-refractivity contribution in [3.8, 4) is 0 Å². The Balaban J connectivity index is 1.38. The van der Waals surface area contributed by atoms with E-state index >= 15 is 0 Å². The number of benzene rings is 3. The normalized spacial score (nSPS) is 13.8. The molecule has 0 radical (unpaired) electrons. The largest absolute Gasteiger partial charge is 0.384 e. The number of carbonyl (C=O) groups is 1. The topological polar surface area (TPSA) is 126 Å². The van der Waals surface area contributed by atoms with Gasteiger partial charge in [0.2, 0.25) is 0 Å². The molecule has 0 aliphatic carbocycles. The number of ether oxygens (including phenoxy) is 1. The minimum atomic E-state index is -0.343. The van der Waals surface area contributed by atoms with E-state index in [1.807, 2.05) is 42.5 Å². The van der Waals surface area contributed by atoms with Crippen LogP contribution in [0.15, 0.2) is 66.7 Å². The maximum absolute atomic E-state index is 14.4. The number of aromatic nitrogens is 2. The lowest BCUT2D eigenvalue weighted by Gasteiger charge is -2.26. The van der Waals surface area contributed by atoms with Gasteiger partial charge in [-0.25, -0.2) is 9.37 Å². The van der Waals surface area contributed by atoms with Crippen LogP contribution >= 0.6 is 0 Å². The standard InChI is InChI=1S/C33H40FN7O2/c34-28-5-2-1-4-27(28)23-40(17-14-35)33(42)26-11-12-30-29(22-26)38-31(13-8-24-6-9-25(10-7-24)32(36)37)41(30)16-3-15-39-18-20-43-21-19-39/h1-2,4-7,9-12,22H,3,8,13-21,23,35H2,(H3,36,37). The quantitative estimate of drug-likeness (QED) is 0.163. The first-order chi connectivity index (χ1) is 20.9. The van der Waals surface area contributed by atoms with E-state index in [0.29, 0.717) is 23.2 Å². The fraction of sp³-hybridized carbons (Fsp3) is 0.364. The monoisotopic (exact) mass is 585 g/mol. The number of nitrogens with two attached hydrogens (primary N) is 2. The number of nitrogens with one attached hydrogen (secondary N) is 1. The molecule has 1 aromatic heterocycles. The highest BCUT2D eigenvalue weighted by molar-refractivity contribution is 5.97. The molecule has 5 rings (SSSR count). The molecule has 1 aliphatic heterocycles. The molecule has 1 amide bonds. The van der Waals surface area contributed by atoms with Crippen LogP contribution in [0.1, 0.15) is 39.3 Å². The van der Waals surface area contributed by atoms with E-state index in [9.17, 15) is 9.18 Å². The number of hydrogen-bond acceptors (Lipinski definition) is 6. The number of carbonyl (C=O) groups excluding carboxylic acids is 1. The molecule has 0 saturated carbocycles. The number of nitrogens with zero attached hydrogens (tertiary/aromatic N) is 4. The van der Waals surface area contributed by atoms with Crippen LogP contribution in [0.2, 0.25) is 0 Å². The molecule has 1 saturated heterocycles. The van der Waals surface area contributed by atoms with Gasteiger partial charge in [0.15, 0.2) is 0 Å². The van der Waals surface area contributed by atoms with Gasteiger partial charge < -0.3 is 25.7 Å². The Hall–Kier alpha value is -4.12. The van der Waals surface area contributed by atoms with Crippen molar-refractivity contribution >= 4 is 22.8 Å². The molecule has 10 heteroatoms. The summed E-state index contributed by atoms with van der Waals surface area (Å²) in [5.74, 6) is 0.467. The van der Waals surface area contributed by atoms with Gasteiger partial charge in [0.25, 0.3) is 5.91 Å². The van der Waals surface area contributed by atoms with Crippen molar-refractivity contribution in [3.05, 3.63) is 101 Å². The van der Waals surface area contributed by atoms with Crippen molar-refractivity contribution in [1.82, 2.24) is 19.4 Å². The summed E-state index contributed by atoms with van der Waals surface area (Å²) in [5, 5.41) is 7.64. The number of nitrogen functional groups attached to an aromatic ring is 1. The highest BCUT2D eigenvalue weighted by Gasteiger charge is 2.20. The Labute approximate surface area is 251 Å². The van der Waals surface area contributed by atoms with Crippen LogP contribution in [0.4, 0.5) is 4.39 Å². The van der Waals surface area contributed by atoms with E-state index < -0.39 is 0 Å². The third-order valence-corrected chi connectivity index (χ3v) is 7.94. The summed E-state index contributed by atoms with van der Waals surface area (Å²) in [7, 11) is 0. The molecule has 43 heavy (non-hydrogen) atoms. The lowest BCUT2D eigenvalue weighted by molar-refractivity contribution is 0.0369. The smallest absolute Gasteiger partial charge is 0.254 e. The van der Waals surface area contributed by atoms with Gasteiger partial charge in [0, 0.05) is 68.9 Å². The number of halogens is 1. The first kappa shape index (κ1) is 30.3. The van der Waals surface area contributed by atoms with Gasteiger partial charge in [0.05, 0.1) is 24.2 Å². The minimum Gasteiger partial charge on any atom is -0.384 e. The number of morpholine rings is 1. The van der Waals surface area contributed by atoms with Crippen LogP contribution in [0.3, 0.4) is 0 Å². The number of aryl methyl sites for hydroxylation is 3. The van der Waals surface area contributed by atoms with E-state index in [-0.39, 0.29) is 30.6 Å². The van der Waals surface area contributed by atoms with Crippen LogP contribution in [-0.2, 0) is 30.7 Å². The van der Waals surface area contributed by atoms with Gasteiger partial charge in [-0.2, -0.15) is 0 Å². The average molecular weight is 586 g/mol. The summed E-state index contributed by atoms with van der Waals surface area (Å²) < 4.78 is 22.1. The average Bonchev–Trinajstić information content (AvgIpc) is 3.37. The predicted molar refractivity (Wildman–Crippen MR) is 167 cm³/mol. The van der Waals surface area contributed by atoms with Crippen molar-refractivity contribution in [2.24, 2.45) is 11.5 Å². The Morgan fingerprint density at radius 3 is 2.47 bits per heavy atom. The number of rotatable bonds is 13. The molecule has 4 aromatic rings. The Morgan fingerprint density at radius 2 is 1.74 bits per heavy atom. The summed E-state index contributed by atoms with van der Waals surface area (Å²) in [6.45, 7) is 5.98. The van der Waals surface area contributed by atoms with Crippen LogP contribution in [-0.4, -0.2) is 77.0 Å². The zero-order chi connectivity index (χ0) is 30.2. The summed E-state index contributed by atoms with van der Waals surface area (Å²) >= 11 is 0. The van der Waals surface area contributed by atoms with E-state index in [2.05, 4.69) is 9.47 Å². The van der Waals surface area contributed by atoms with E-state index in [4.69, 9.17) is 26.6 Å². The van der Waals surface area contributed by atoms with Crippen molar-refractivity contribution in [2.75, 3.05) is 45.9 Å². The van der Waals surface area contributed by atoms with E-state index in [1.165, 1.54) is 6.07 Å². The number of fused-ring (bicyclic) bond motifs is 1. The number of hydrogen-bond donors (Lipinski definition) is 3. The Morgan fingerprint density at radius 1 is 1.00 bits per heavy atom. The second-order valence-electron chi connectivity index (χ2n) is 10.9. The van der Waals surface area contributed by atoms with Crippen LogP contribution in [0.5, 0.6) is 0 Å². The number of amidine groups is 1. The third-order valence-electron chi connectivity index (χ3n) is 7.94. The molecule has 0 spiro atoms. The van der Waals surface area contributed by atoms with E-state index in [0.717, 1.165) is 81.1 Å². The van der Waals surface area contributed by atoms with Gasteiger partial charge in [-0.15, -0.1) is 0 Å². The first-order valence-corrected chi connectivity index (χ1v) is 14.9. The summed E-state index contributed by atoms with van der Waals surface area (Å²) in [5.41, 5.74) is 16.0. The SMILES string of the molecule is N=C(N)c1ccc(CCc2nc3cc(C(=O)N(CCN)Cc4ccccc4F)ccc3n2CCCN2CCOCC2)cc1. The van der Waals surface area contributed by atoms with Gasteiger partial charge in [-0.05, 0) is 42.7 Å². The van der Waals surface area contributed by atoms with Gasteiger partial charge in [-0.1, -0.05) is 42.5 Å². The molecule has 0 unspecified atom stereocenters. The lowest BCUT2D eigenvalue weighted by Crippen LogP contribution is -2.37. The third kappa shape index (κ3) is 7.64. The van der Waals surface area contributed by atoms with Gasteiger partial charge >= 0.3 is 0 Å². The molecule has 1 fully saturated rings. The molecule has 9 nitrogen and oxygen atoms in total. The van der Waals surface area contributed by atoms with Crippen LogP contribution in [0, 0.1) is 11.2 Å². The van der Waals surface area contributed by atoms with Crippen LogP contribution < -0.4 is 11.5 Å². The maximum atomic E-state index is 14.4. The highest BCUT2D eigenvalue weighted by atomic mass is 19.1. The molecule has 2 heterocycles. The second-order valence-corrected chi connectivity index (χ2v) is 10.9. The van der Waals surface area contributed by atoms with Crippen LogP contribution in [0.25, 0.3) is 11.0 Å². The second kappa shape index (κ2) is 14.4. The molecule has 1 aliphatic rings. The number of amides is 1. The molecule has 3 aromatic carbocycles. The predicted octanol–water partition coefficient (Wildman–Crippen LogP) is 3.57. The zero-order valence-electron chi connectivity index (χ0n) is 24.5. The van der Waals surface area contributed by atoms with Gasteiger partial charge in [-0.3, -0.25) is 15.1 Å². The zero-order valence-corrected chi connectivity index (χ0v) is 24.5. The maximum Gasteiger partial charge on any atom is 0.254 e. The first-order valence-electron chi connectivity index (χ1n) is 14.9. The number of imidazole rings is 1. The van der Waals surface area contributed by atoms with E-state index in [1.54, 1.807) is 23.1 Å². The molecular formula is C33H40FN7O2. The molecule has 0 atom stereocenters. The fourth-order valence-corrected chi connectivity index (χ4v) is 5.56. The molecule has 226 valence electrons. The molecule has 0 bridgehead atoms. The molecule has 5 N–H and O–H groups in total.